The number of hydrogen-bond donors (Lipinski definition) is 3. The number of hydroxylamine groups is 1. The molecular formula is C20H22N2O5S. The van der Waals surface area contributed by atoms with Gasteiger partial charge in [0.05, 0.1) is 4.90 Å². The molecule has 1 amide bonds. The van der Waals surface area contributed by atoms with Crippen molar-refractivity contribution in [3.05, 3.63) is 54.6 Å². The summed E-state index contributed by atoms with van der Waals surface area (Å²) in [5.41, 5.74) is 2.84. The molecule has 7 nitrogen and oxygen atoms in total. The molecule has 0 saturated heterocycles. The highest BCUT2D eigenvalue weighted by molar-refractivity contribution is 7.89. The first-order chi connectivity index (χ1) is 13.4. The molecule has 0 radical (unpaired) electrons. The van der Waals surface area contributed by atoms with Crippen molar-refractivity contribution in [3.8, 4) is 11.3 Å². The van der Waals surface area contributed by atoms with Crippen LogP contribution in [0.25, 0.3) is 22.3 Å². The van der Waals surface area contributed by atoms with Gasteiger partial charge in [-0.15, -0.1) is 0 Å². The van der Waals surface area contributed by atoms with Crippen LogP contribution in [0.1, 0.15) is 20.3 Å². The summed E-state index contributed by atoms with van der Waals surface area (Å²) in [6, 6.07) is 14.6. The lowest BCUT2D eigenvalue weighted by molar-refractivity contribution is -0.132. The van der Waals surface area contributed by atoms with Gasteiger partial charge in [-0.3, -0.25) is 10.0 Å². The molecule has 0 spiro atoms. The van der Waals surface area contributed by atoms with Gasteiger partial charge in [-0.25, -0.2) is 13.9 Å². The second-order valence-corrected chi connectivity index (χ2v) is 8.35. The molecule has 3 aromatic rings. The van der Waals surface area contributed by atoms with Crippen molar-refractivity contribution in [1.82, 2.24) is 10.2 Å². The van der Waals surface area contributed by atoms with Crippen LogP contribution in [0.5, 0.6) is 0 Å². The van der Waals surface area contributed by atoms with Crippen molar-refractivity contribution >= 4 is 26.9 Å². The van der Waals surface area contributed by atoms with E-state index >= 15 is 0 Å². The fourth-order valence-corrected chi connectivity index (χ4v) is 4.26. The quantitative estimate of drug-likeness (QED) is 0.415. The molecule has 0 unspecified atom stereocenters. The lowest BCUT2D eigenvalue weighted by atomic mass is 10.00. The summed E-state index contributed by atoms with van der Waals surface area (Å²) < 4.78 is 33.9. The van der Waals surface area contributed by atoms with Crippen LogP contribution in [0.4, 0.5) is 0 Å². The topological polar surface area (TPSA) is 109 Å². The van der Waals surface area contributed by atoms with Gasteiger partial charge < -0.3 is 4.42 Å². The average molecular weight is 402 g/mol. The largest absolute Gasteiger partial charge is 0.456 e. The van der Waals surface area contributed by atoms with Crippen LogP contribution in [-0.2, 0) is 14.8 Å². The van der Waals surface area contributed by atoms with Crippen molar-refractivity contribution in [2.24, 2.45) is 5.92 Å². The van der Waals surface area contributed by atoms with Crippen molar-refractivity contribution in [2.75, 3.05) is 0 Å². The van der Waals surface area contributed by atoms with Crippen LogP contribution in [0.15, 0.2) is 63.9 Å². The minimum atomic E-state index is -3.99. The maximum Gasteiger partial charge on any atom is 0.261 e. The predicted molar refractivity (Wildman–Crippen MR) is 105 cm³/mol. The summed E-state index contributed by atoms with van der Waals surface area (Å²) in [5, 5.41) is 9.85. The summed E-state index contributed by atoms with van der Waals surface area (Å²) in [5.74, 6) is -0.559. The maximum atomic E-state index is 12.8. The highest BCUT2D eigenvalue weighted by atomic mass is 32.2. The highest BCUT2D eigenvalue weighted by Crippen LogP contribution is 2.29. The third kappa shape index (κ3) is 4.09. The molecule has 0 saturated carbocycles. The Morgan fingerprint density at radius 2 is 1.89 bits per heavy atom. The molecule has 0 aliphatic rings. The van der Waals surface area contributed by atoms with Crippen LogP contribution in [0.3, 0.4) is 0 Å². The number of hydrogen-bond acceptors (Lipinski definition) is 5. The van der Waals surface area contributed by atoms with Crippen LogP contribution in [-0.4, -0.2) is 25.6 Å². The van der Waals surface area contributed by atoms with Gasteiger partial charge in [0.15, 0.2) is 0 Å². The molecule has 0 fully saturated rings. The van der Waals surface area contributed by atoms with Gasteiger partial charge in [0.25, 0.3) is 5.91 Å². The van der Waals surface area contributed by atoms with Gasteiger partial charge in [-0.1, -0.05) is 50.6 Å². The SMILES string of the molecule is CC[C@@H](C)[C@@H](NS(=O)(=O)c1cccc(-c2cc3ccccc3o2)c1)C(=O)NO. The van der Waals surface area contributed by atoms with Crippen molar-refractivity contribution in [3.63, 3.8) is 0 Å². The number of fused-ring (bicyclic) bond motifs is 1. The summed E-state index contributed by atoms with van der Waals surface area (Å²) in [6.07, 6.45) is 0.555. The standard InChI is InChI=1S/C20H22N2O5S/c1-3-13(2)19(20(23)21-24)22-28(25,26)16-9-6-8-14(11-16)18-12-15-7-4-5-10-17(15)27-18/h4-13,19,22,24H,3H2,1-2H3,(H,21,23)/t13-,19-/m1/s1. The number of amides is 1. The Balaban J connectivity index is 1.94. The second kappa shape index (κ2) is 8.14. The minimum absolute atomic E-state index is 0.00417. The highest BCUT2D eigenvalue weighted by Gasteiger charge is 2.29. The molecule has 28 heavy (non-hydrogen) atoms. The van der Waals surface area contributed by atoms with Crippen LogP contribution >= 0.6 is 0 Å². The van der Waals surface area contributed by atoms with E-state index in [9.17, 15) is 13.2 Å². The normalized spacial score (nSPS) is 14.0. The lowest BCUT2D eigenvalue weighted by Gasteiger charge is -2.22. The summed E-state index contributed by atoms with van der Waals surface area (Å²) in [7, 11) is -3.99. The lowest BCUT2D eigenvalue weighted by Crippen LogP contribution is -2.49. The van der Waals surface area contributed by atoms with Crippen molar-refractivity contribution in [1.29, 1.82) is 0 Å². The van der Waals surface area contributed by atoms with E-state index in [1.54, 1.807) is 19.1 Å². The van der Waals surface area contributed by atoms with E-state index in [-0.39, 0.29) is 10.8 Å². The molecule has 8 heteroatoms. The van der Waals surface area contributed by atoms with E-state index in [0.717, 1.165) is 5.39 Å². The molecule has 3 rings (SSSR count). The van der Waals surface area contributed by atoms with Crippen molar-refractivity contribution < 1.29 is 22.8 Å². The number of furan rings is 1. The molecule has 0 aliphatic heterocycles. The maximum absolute atomic E-state index is 12.8. The zero-order valence-electron chi connectivity index (χ0n) is 15.5. The Morgan fingerprint density at radius 1 is 1.14 bits per heavy atom. The van der Waals surface area contributed by atoms with Crippen LogP contribution in [0, 0.1) is 5.92 Å². The third-order valence-electron chi connectivity index (χ3n) is 4.74. The van der Waals surface area contributed by atoms with E-state index < -0.39 is 22.0 Å². The van der Waals surface area contributed by atoms with E-state index in [1.807, 2.05) is 37.3 Å². The van der Waals surface area contributed by atoms with E-state index in [4.69, 9.17) is 9.62 Å². The zero-order valence-corrected chi connectivity index (χ0v) is 16.4. The van der Waals surface area contributed by atoms with Crippen LogP contribution in [0.2, 0.25) is 0 Å². The number of carbonyl (C=O) groups is 1. The Bertz CT molecular complexity index is 1060. The Kier molecular flexibility index (Phi) is 5.83. The van der Waals surface area contributed by atoms with Crippen molar-refractivity contribution in [2.45, 2.75) is 31.2 Å². The second-order valence-electron chi connectivity index (χ2n) is 6.64. The smallest absolute Gasteiger partial charge is 0.261 e. The number of carbonyl (C=O) groups excluding carboxylic acids is 1. The molecule has 2 aromatic carbocycles. The molecule has 1 heterocycles. The van der Waals surface area contributed by atoms with E-state index in [1.165, 1.54) is 17.6 Å². The zero-order chi connectivity index (χ0) is 20.3. The first kappa shape index (κ1) is 20.1. The number of para-hydroxylation sites is 1. The number of rotatable bonds is 7. The van der Waals surface area contributed by atoms with Gasteiger partial charge in [-0.2, -0.15) is 4.72 Å². The number of benzene rings is 2. The van der Waals surface area contributed by atoms with Crippen LogP contribution < -0.4 is 10.2 Å². The molecule has 0 bridgehead atoms. The summed E-state index contributed by atoms with van der Waals surface area (Å²) >= 11 is 0. The molecular weight excluding hydrogens is 380 g/mol. The Labute approximate surface area is 163 Å². The Morgan fingerprint density at radius 3 is 2.57 bits per heavy atom. The molecule has 1 aromatic heterocycles. The first-order valence-electron chi connectivity index (χ1n) is 8.91. The summed E-state index contributed by atoms with van der Waals surface area (Å²) in [4.78, 5) is 11.9. The fourth-order valence-electron chi connectivity index (χ4n) is 2.91. The van der Waals surface area contributed by atoms with E-state index in [2.05, 4.69) is 4.72 Å². The average Bonchev–Trinajstić information content (AvgIpc) is 3.15. The molecule has 3 N–H and O–H groups in total. The molecule has 148 valence electrons. The van der Waals surface area contributed by atoms with Gasteiger partial charge in [-0.05, 0) is 30.2 Å². The van der Waals surface area contributed by atoms with Gasteiger partial charge in [0.1, 0.15) is 17.4 Å². The van der Waals surface area contributed by atoms with Gasteiger partial charge >= 0.3 is 0 Å². The number of nitrogens with one attached hydrogen (secondary N) is 2. The molecule has 0 aliphatic carbocycles. The first-order valence-corrected chi connectivity index (χ1v) is 10.4. The monoisotopic (exact) mass is 402 g/mol. The summed E-state index contributed by atoms with van der Waals surface area (Å²) in [6.45, 7) is 3.56. The molecule has 2 atom stereocenters. The predicted octanol–water partition coefficient (Wildman–Crippen LogP) is 3.30. The van der Waals surface area contributed by atoms with Gasteiger partial charge in [0.2, 0.25) is 10.0 Å². The third-order valence-corrected chi connectivity index (χ3v) is 6.18. The number of sulfonamides is 1. The van der Waals surface area contributed by atoms with E-state index in [0.29, 0.717) is 23.3 Å². The minimum Gasteiger partial charge on any atom is -0.456 e. The van der Waals surface area contributed by atoms with Gasteiger partial charge in [0, 0.05) is 10.9 Å². The Hall–Kier alpha value is -2.68. The fraction of sp³-hybridized carbons (Fsp3) is 0.250.